The fraction of sp³-hybridized carbons (Fsp3) is 0.538. The zero-order valence-electron chi connectivity index (χ0n) is 9.61. The Morgan fingerprint density at radius 2 is 2.19 bits per heavy atom. The first-order valence-corrected chi connectivity index (χ1v) is 5.81. The summed E-state index contributed by atoms with van der Waals surface area (Å²) in [5, 5.41) is 23.5. The number of phenolic OH excluding ortho intramolecular Hbond substituents is 1. The summed E-state index contributed by atoms with van der Waals surface area (Å²) in [5.74, 6) is 0.674. The van der Waals surface area contributed by atoms with Crippen LogP contribution in [0.5, 0.6) is 5.75 Å². The third-order valence-electron chi connectivity index (χ3n) is 3.33. The van der Waals surface area contributed by atoms with E-state index in [0.717, 1.165) is 19.5 Å². The maximum atomic E-state index is 10.4. The Morgan fingerprint density at radius 3 is 2.81 bits per heavy atom. The highest BCUT2D eigenvalue weighted by atomic mass is 16.3. The molecule has 3 nitrogen and oxygen atoms in total. The lowest BCUT2D eigenvalue weighted by atomic mass is 9.85. The second kappa shape index (κ2) is 4.44. The van der Waals surface area contributed by atoms with Crippen LogP contribution in [0.2, 0.25) is 0 Å². The number of rotatable bonds is 3. The van der Waals surface area contributed by atoms with Gasteiger partial charge in [-0.15, -0.1) is 0 Å². The SMILES string of the molecule is CC(O)(CC1CCNC1)c1ccccc1O. The molecule has 2 rings (SSSR count). The van der Waals surface area contributed by atoms with E-state index in [1.54, 1.807) is 25.1 Å². The molecule has 0 spiro atoms. The fourth-order valence-electron chi connectivity index (χ4n) is 2.49. The van der Waals surface area contributed by atoms with Gasteiger partial charge in [-0.1, -0.05) is 18.2 Å². The third kappa shape index (κ3) is 2.36. The van der Waals surface area contributed by atoms with Crippen LogP contribution >= 0.6 is 0 Å². The minimum atomic E-state index is -0.942. The van der Waals surface area contributed by atoms with Crippen molar-refractivity contribution in [1.82, 2.24) is 5.32 Å². The molecule has 1 aliphatic rings. The van der Waals surface area contributed by atoms with Crippen molar-refractivity contribution >= 4 is 0 Å². The van der Waals surface area contributed by atoms with Gasteiger partial charge in [0.2, 0.25) is 0 Å². The molecular weight excluding hydrogens is 202 g/mol. The number of aliphatic hydroxyl groups is 1. The summed E-state index contributed by atoms with van der Waals surface area (Å²) in [7, 11) is 0. The van der Waals surface area contributed by atoms with Crippen LogP contribution in [0.1, 0.15) is 25.3 Å². The molecule has 1 aromatic rings. The Bertz CT molecular complexity index is 357. The molecule has 2 atom stereocenters. The molecule has 3 heteroatoms. The van der Waals surface area contributed by atoms with Gasteiger partial charge in [0.1, 0.15) is 5.75 Å². The van der Waals surface area contributed by atoms with Gasteiger partial charge in [0.05, 0.1) is 5.60 Å². The van der Waals surface area contributed by atoms with Gasteiger partial charge in [0, 0.05) is 5.56 Å². The maximum absolute atomic E-state index is 10.4. The molecule has 16 heavy (non-hydrogen) atoms. The lowest BCUT2D eigenvalue weighted by Crippen LogP contribution is -2.26. The van der Waals surface area contributed by atoms with E-state index in [1.165, 1.54) is 0 Å². The van der Waals surface area contributed by atoms with Crippen LogP contribution in [-0.4, -0.2) is 23.3 Å². The van der Waals surface area contributed by atoms with Crippen molar-refractivity contribution < 1.29 is 10.2 Å². The van der Waals surface area contributed by atoms with E-state index in [0.29, 0.717) is 17.9 Å². The van der Waals surface area contributed by atoms with Crippen LogP contribution in [0.15, 0.2) is 24.3 Å². The summed E-state index contributed by atoms with van der Waals surface area (Å²) in [6.45, 7) is 3.77. The minimum absolute atomic E-state index is 0.179. The van der Waals surface area contributed by atoms with Crippen LogP contribution in [0, 0.1) is 5.92 Å². The van der Waals surface area contributed by atoms with Crippen LogP contribution in [0.3, 0.4) is 0 Å². The van der Waals surface area contributed by atoms with Crippen LogP contribution in [0.25, 0.3) is 0 Å². The molecule has 3 N–H and O–H groups in total. The van der Waals surface area contributed by atoms with E-state index < -0.39 is 5.60 Å². The van der Waals surface area contributed by atoms with E-state index in [4.69, 9.17) is 0 Å². The van der Waals surface area contributed by atoms with E-state index >= 15 is 0 Å². The number of aromatic hydroxyl groups is 1. The predicted molar refractivity (Wildman–Crippen MR) is 63.3 cm³/mol. The van der Waals surface area contributed by atoms with Gasteiger partial charge in [0.15, 0.2) is 0 Å². The number of benzene rings is 1. The monoisotopic (exact) mass is 221 g/mol. The molecular formula is C13H19NO2. The summed E-state index contributed by atoms with van der Waals surface area (Å²) in [5.41, 5.74) is -0.316. The average molecular weight is 221 g/mol. The van der Waals surface area contributed by atoms with Crippen LogP contribution in [-0.2, 0) is 5.60 Å². The maximum Gasteiger partial charge on any atom is 0.121 e. The zero-order valence-corrected chi connectivity index (χ0v) is 9.61. The van der Waals surface area contributed by atoms with E-state index in [2.05, 4.69) is 5.32 Å². The Kier molecular flexibility index (Phi) is 3.17. The second-order valence-corrected chi connectivity index (χ2v) is 4.85. The Balaban J connectivity index is 2.14. The zero-order chi connectivity index (χ0) is 11.6. The highest BCUT2D eigenvalue weighted by Gasteiger charge is 2.30. The first-order chi connectivity index (χ1) is 7.59. The van der Waals surface area contributed by atoms with Crippen molar-refractivity contribution in [2.24, 2.45) is 5.92 Å². The topological polar surface area (TPSA) is 52.5 Å². The standard InChI is InChI=1S/C13H19NO2/c1-13(16,8-10-6-7-14-9-10)11-4-2-3-5-12(11)15/h2-5,10,14-16H,6-9H2,1H3. The summed E-state index contributed by atoms with van der Waals surface area (Å²) in [4.78, 5) is 0. The summed E-state index contributed by atoms with van der Waals surface area (Å²) >= 11 is 0. The summed E-state index contributed by atoms with van der Waals surface area (Å²) in [6, 6.07) is 7.02. The largest absolute Gasteiger partial charge is 0.508 e. The fourth-order valence-corrected chi connectivity index (χ4v) is 2.49. The normalized spacial score (nSPS) is 24.2. The van der Waals surface area contributed by atoms with Crippen molar-refractivity contribution in [2.45, 2.75) is 25.4 Å². The van der Waals surface area contributed by atoms with Gasteiger partial charge in [-0.2, -0.15) is 0 Å². The second-order valence-electron chi connectivity index (χ2n) is 4.85. The van der Waals surface area contributed by atoms with E-state index in [9.17, 15) is 10.2 Å². The third-order valence-corrected chi connectivity index (χ3v) is 3.33. The summed E-state index contributed by atoms with van der Waals surface area (Å²) in [6.07, 6.45) is 1.79. The molecule has 0 bridgehead atoms. The smallest absolute Gasteiger partial charge is 0.121 e. The van der Waals surface area contributed by atoms with Crippen LogP contribution < -0.4 is 5.32 Å². The number of nitrogens with one attached hydrogen (secondary N) is 1. The number of para-hydroxylation sites is 1. The molecule has 2 unspecified atom stereocenters. The van der Waals surface area contributed by atoms with Gasteiger partial charge in [0.25, 0.3) is 0 Å². The van der Waals surface area contributed by atoms with Gasteiger partial charge >= 0.3 is 0 Å². The Labute approximate surface area is 96.1 Å². The molecule has 0 aliphatic carbocycles. The first-order valence-electron chi connectivity index (χ1n) is 5.81. The molecule has 88 valence electrons. The minimum Gasteiger partial charge on any atom is -0.508 e. The molecule has 0 amide bonds. The summed E-state index contributed by atoms with van der Waals surface area (Å²) < 4.78 is 0. The molecule has 1 fully saturated rings. The molecule has 0 radical (unpaired) electrons. The lowest BCUT2D eigenvalue weighted by Gasteiger charge is -2.27. The van der Waals surface area contributed by atoms with Gasteiger partial charge in [-0.05, 0) is 44.8 Å². The van der Waals surface area contributed by atoms with E-state index in [1.807, 2.05) is 6.07 Å². The molecule has 1 aromatic carbocycles. The van der Waals surface area contributed by atoms with Gasteiger partial charge in [-0.3, -0.25) is 0 Å². The van der Waals surface area contributed by atoms with Crippen LogP contribution in [0.4, 0.5) is 0 Å². The van der Waals surface area contributed by atoms with Gasteiger partial charge < -0.3 is 15.5 Å². The number of phenols is 1. The first kappa shape index (κ1) is 11.4. The Morgan fingerprint density at radius 1 is 1.44 bits per heavy atom. The van der Waals surface area contributed by atoms with Crippen molar-refractivity contribution in [1.29, 1.82) is 0 Å². The van der Waals surface area contributed by atoms with Crippen molar-refractivity contribution in [3.05, 3.63) is 29.8 Å². The van der Waals surface area contributed by atoms with Crippen molar-refractivity contribution in [3.8, 4) is 5.75 Å². The number of hydrogen-bond donors (Lipinski definition) is 3. The van der Waals surface area contributed by atoms with Crippen molar-refractivity contribution in [3.63, 3.8) is 0 Å². The highest BCUT2D eigenvalue weighted by Crippen LogP contribution is 2.35. The van der Waals surface area contributed by atoms with Crippen molar-refractivity contribution in [2.75, 3.05) is 13.1 Å². The molecule has 1 aliphatic heterocycles. The molecule has 0 saturated carbocycles. The predicted octanol–water partition coefficient (Wildman–Crippen LogP) is 1.60. The lowest BCUT2D eigenvalue weighted by molar-refractivity contribution is 0.0304. The van der Waals surface area contributed by atoms with E-state index in [-0.39, 0.29) is 5.75 Å². The average Bonchev–Trinajstić information content (AvgIpc) is 2.70. The quantitative estimate of drug-likeness (QED) is 0.726. The molecule has 1 heterocycles. The van der Waals surface area contributed by atoms with Gasteiger partial charge in [-0.25, -0.2) is 0 Å². The Hall–Kier alpha value is -1.06. The molecule has 0 aromatic heterocycles. The number of hydrogen-bond acceptors (Lipinski definition) is 3. The molecule has 1 saturated heterocycles. The highest BCUT2D eigenvalue weighted by molar-refractivity contribution is 5.36.